The molecular formula is C23H29N5O2. The van der Waals surface area contributed by atoms with E-state index in [9.17, 15) is 9.59 Å². The molecule has 0 aliphatic rings. The van der Waals surface area contributed by atoms with Crippen LogP contribution in [0.25, 0.3) is 5.65 Å². The lowest BCUT2D eigenvalue weighted by atomic mass is 10.2. The molecule has 0 saturated carbocycles. The van der Waals surface area contributed by atoms with Gasteiger partial charge in [0.1, 0.15) is 5.65 Å². The summed E-state index contributed by atoms with van der Waals surface area (Å²) in [7, 11) is 0. The number of aromatic nitrogens is 2. The zero-order valence-electron chi connectivity index (χ0n) is 17.8. The molecule has 30 heavy (non-hydrogen) atoms. The average molecular weight is 408 g/mol. The third kappa shape index (κ3) is 5.45. The zero-order chi connectivity index (χ0) is 21.5. The van der Waals surface area contributed by atoms with Gasteiger partial charge in [-0.05, 0) is 55.9 Å². The smallest absolute Gasteiger partial charge is 0.251 e. The number of hydrogen-bond donors (Lipinski definition) is 2. The summed E-state index contributed by atoms with van der Waals surface area (Å²) in [6.07, 6.45) is 3.98. The zero-order valence-corrected chi connectivity index (χ0v) is 17.8. The van der Waals surface area contributed by atoms with Gasteiger partial charge in [0.25, 0.3) is 5.91 Å². The van der Waals surface area contributed by atoms with Crippen LogP contribution in [-0.4, -0.2) is 52.3 Å². The van der Waals surface area contributed by atoms with Crippen molar-refractivity contribution < 1.29 is 9.59 Å². The minimum Gasteiger partial charge on any atom is -0.351 e. The Morgan fingerprint density at radius 3 is 2.50 bits per heavy atom. The lowest BCUT2D eigenvalue weighted by molar-refractivity contribution is -0.115. The van der Waals surface area contributed by atoms with Crippen LogP contribution in [-0.2, 0) is 11.2 Å². The number of likely N-dealkylation sites (N-methyl/N-ethyl adjacent to an activating group) is 1. The highest BCUT2D eigenvalue weighted by atomic mass is 16.2. The van der Waals surface area contributed by atoms with Crippen molar-refractivity contribution in [3.63, 3.8) is 0 Å². The van der Waals surface area contributed by atoms with E-state index in [0.717, 1.165) is 30.8 Å². The second-order valence-corrected chi connectivity index (χ2v) is 7.24. The normalized spacial score (nSPS) is 11.1. The van der Waals surface area contributed by atoms with Crippen molar-refractivity contribution in [3.8, 4) is 0 Å². The molecule has 0 bridgehead atoms. The quantitative estimate of drug-likeness (QED) is 0.572. The first-order valence-electron chi connectivity index (χ1n) is 10.3. The largest absolute Gasteiger partial charge is 0.351 e. The number of rotatable bonds is 9. The Morgan fingerprint density at radius 2 is 1.83 bits per heavy atom. The molecule has 3 rings (SSSR count). The minimum absolute atomic E-state index is 0.111. The minimum atomic E-state index is -0.146. The number of nitrogens with one attached hydrogen (secondary N) is 2. The van der Waals surface area contributed by atoms with Crippen LogP contribution in [0.3, 0.4) is 0 Å². The summed E-state index contributed by atoms with van der Waals surface area (Å²) in [6.45, 7) is 9.58. The molecule has 2 aromatic heterocycles. The van der Waals surface area contributed by atoms with Gasteiger partial charge in [-0.1, -0.05) is 19.9 Å². The molecule has 0 atom stereocenters. The summed E-state index contributed by atoms with van der Waals surface area (Å²) < 4.78 is 1.92. The monoisotopic (exact) mass is 407 g/mol. The fourth-order valence-electron chi connectivity index (χ4n) is 3.33. The topological polar surface area (TPSA) is 78.7 Å². The van der Waals surface area contributed by atoms with Gasteiger partial charge in [-0.15, -0.1) is 0 Å². The van der Waals surface area contributed by atoms with Gasteiger partial charge in [0.05, 0.1) is 12.1 Å². The molecule has 158 valence electrons. The lowest BCUT2D eigenvalue weighted by Gasteiger charge is -2.17. The van der Waals surface area contributed by atoms with Gasteiger partial charge < -0.3 is 19.9 Å². The maximum Gasteiger partial charge on any atom is 0.251 e. The summed E-state index contributed by atoms with van der Waals surface area (Å²) in [4.78, 5) is 31.4. The second kappa shape index (κ2) is 10.0. The van der Waals surface area contributed by atoms with Gasteiger partial charge >= 0.3 is 0 Å². The molecule has 2 N–H and O–H groups in total. The number of imidazole rings is 1. The van der Waals surface area contributed by atoms with Gasteiger partial charge in [-0.25, -0.2) is 4.98 Å². The average Bonchev–Trinajstić information content (AvgIpc) is 3.15. The van der Waals surface area contributed by atoms with E-state index in [-0.39, 0.29) is 18.2 Å². The summed E-state index contributed by atoms with van der Waals surface area (Å²) in [5.74, 6) is -0.257. The Hall–Kier alpha value is -3.19. The molecule has 2 amide bonds. The van der Waals surface area contributed by atoms with Crippen LogP contribution >= 0.6 is 0 Å². The molecule has 0 unspecified atom stereocenters. The predicted octanol–water partition coefficient (Wildman–Crippen LogP) is 2.90. The molecule has 0 fully saturated rings. The highest BCUT2D eigenvalue weighted by molar-refractivity contribution is 5.96. The van der Waals surface area contributed by atoms with E-state index in [0.29, 0.717) is 23.5 Å². The summed E-state index contributed by atoms with van der Waals surface area (Å²) in [5.41, 5.74) is 3.86. The number of fused-ring (bicyclic) bond motifs is 1. The van der Waals surface area contributed by atoms with E-state index in [1.165, 1.54) is 0 Å². The van der Waals surface area contributed by atoms with E-state index in [2.05, 4.69) is 34.4 Å². The Labute approximate surface area is 177 Å². The number of carbonyl (C=O) groups is 2. The SMILES string of the molecule is CCN(CC)CCNC(=O)c1ccc(NC(=O)Cc2cn3cccc(C)c3n2)cc1. The Balaban J connectivity index is 1.52. The molecule has 7 nitrogen and oxygen atoms in total. The van der Waals surface area contributed by atoms with Gasteiger partial charge in [0.2, 0.25) is 5.91 Å². The highest BCUT2D eigenvalue weighted by Gasteiger charge is 2.10. The van der Waals surface area contributed by atoms with Gasteiger partial charge in [0.15, 0.2) is 0 Å². The molecule has 2 heterocycles. The first-order valence-corrected chi connectivity index (χ1v) is 10.3. The molecule has 0 aliphatic carbocycles. The van der Waals surface area contributed by atoms with E-state index in [1.807, 2.05) is 35.9 Å². The van der Waals surface area contributed by atoms with Crippen molar-refractivity contribution in [2.45, 2.75) is 27.2 Å². The van der Waals surface area contributed by atoms with Crippen molar-refractivity contribution in [1.29, 1.82) is 0 Å². The number of anilines is 1. The van der Waals surface area contributed by atoms with Crippen LogP contribution in [0.5, 0.6) is 0 Å². The van der Waals surface area contributed by atoms with Crippen LogP contribution < -0.4 is 10.6 Å². The van der Waals surface area contributed by atoms with E-state index >= 15 is 0 Å². The van der Waals surface area contributed by atoms with Crippen molar-refractivity contribution in [1.82, 2.24) is 19.6 Å². The van der Waals surface area contributed by atoms with E-state index in [4.69, 9.17) is 0 Å². The first-order chi connectivity index (χ1) is 14.5. The molecule has 7 heteroatoms. The Kier molecular flexibility index (Phi) is 7.19. The Bertz CT molecular complexity index is 1010. The first kappa shape index (κ1) is 21.5. The number of benzene rings is 1. The van der Waals surface area contributed by atoms with Crippen LogP contribution in [0.15, 0.2) is 48.8 Å². The third-order valence-corrected chi connectivity index (χ3v) is 5.11. The number of aryl methyl sites for hydroxylation is 1. The predicted molar refractivity (Wildman–Crippen MR) is 119 cm³/mol. The maximum atomic E-state index is 12.4. The van der Waals surface area contributed by atoms with Crippen LogP contribution in [0.1, 0.15) is 35.5 Å². The molecule has 0 aliphatic heterocycles. The maximum absolute atomic E-state index is 12.4. The number of hydrogen-bond acceptors (Lipinski definition) is 4. The number of nitrogens with zero attached hydrogens (tertiary/aromatic N) is 3. The van der Waals surface area contributed by atoms with E-state index < -0.39 is 0 Å². The fraction of sp³-hybridized carbons (Fsp3) is 0.348. The number of amides is 2. The van der Waals surface area contributed by atoms with Gasteiger partial charge in [0, 0.05) is 36.7 Å². The van der Waals surface area contributed by atoms with Gasteiger partial charge in [-0.3, -0.25) is 9.59 Å². The molecule has 3 aromatic rings. The van der Waals surface area contributed by atoms with Crippen molar-refractivity contribution in [3.05, 3.63) is 65.6 Å². The van der Waals surface area contributed by atoms with E-state index in [1.54, 1.807) is 24.3 Å². The molecule has 0 saturated heterocycles. The van der Waals surface area contributed by atoms with Crippen LogP contribution in [0.4, 0.5) is 5.69 Å². The van der Waals surface area contributed by atoms with Crippen molar-refractivity contribution in [2.24, 2.45) is 0 Å². The second-order valence-electron chi connectivity index (χ2n) is 7.24. The molecular weight excluding hydrogens is 378 g/mol. The number of pyridine rings is 1. The fourth-order valence-corrected chi connectivity index (χ4v) is 3.33. The highest BCUT2D eigenvalue weighted by Crippen LogP contribution is 2.13. The summed E-state index contributed by atoms with van der Waals surface area (Å²) in [5, 5.41) is 5.79. The molecule has 0 spiro atoms. The Morgan fingerprint density at radius 1 is 1.10 bits per heavy atom. The molecule has 1 aromatic carbocycles. The lowest BCUT2D eigenvalue weighted by Crippen LogP contribution is -2.34. The standard InChI is InChI=1S/C23H29N5O2/c1-4-27(5-2)14-12-24-23(30)18-8-10-19(11-9-18)25-21(29)15-20-16-28-13-6-7-17(3)22(28)26-20/h6-11,13,16H,4-5,12,14-15H2,1-3H3,(H,24,30)(H,25,29). The van der Waals surface area contributed by atoms with Gasteiger partial charge in [-0.2, -0.15) is 0 Å². The summed E-state index contributed by atoms with van der Waals surface area (Å²) >= 11 is 0. The van der Waals surface area contributed by atoms with Crippen LogP contribution in [0, 0.1) is 6.92 Å². The van der Waals surface area contributed by atoms with Crippen molar-refractivity contribution >= 4 is 23.1 Å². The molecule has 0 radical (unpaired) electrons. The number of carbonyl (C=O) groups excluding carboxylic acids is 2. The summed E-state index contributed by atoms with van der Waals surface area (Å²) in [6, 6.07) is 10.9. The van der Waals surface area contributed by atoms with Crippen LogP contribution in [0.2, 0.25) is 0 Å². The van der Waals surface area contributed by atoms with Crippen molar-refractivity contribution in [2.75, 3.05) is 31.5 Å². The third-order valence-electron chi connectivity index (χ3n) is 5.11.